The monoisotopic (exact) mass is 297 g/mol. The molecule has 2 rings (SSSR count). The van der Waals surface area contributed by atoms with Gasteiger partial charge >= 0.3 is 7.12 Å². The van der Waals surface area contributed by atoms with E-state index in [9.17, 15) is 8.42 Å². The van der Waals surface area contributed by atoms with Gasteiger partial charge in [0.25, 0.3) is 0 Å². The van der Waals surface area contributed by atoms with Gasteiger partial charge in [-0.05, 0) is 52.2 Å². The minimum atomic E-state index is -3.69. The van der Waals surface area contributed by atoms with Crippen molar-refractivity contribution >= 4 is 22.6 Å². The van der Waals surface area contributed by atoms with Crippen LogP contribution < -0.4 is 10.6 Å². The second-order valence-corrected chi connectivity index (χ2v) is 7.71. The Morgan fingerprint density at radius 3 is 2.00 bits per heavy atom. The molecule has 1 heterocycles. The molecule has 110 valence electrons. The molecule has 1 fully saturated rings. The average Bonchev–Trinajstić information content (AvgIpc) is 2.46. The van der Waals surface area contributed by atoms with E-state index < -0.39 is 28.3 Å². The first-order valence-electron chi connectivity index (χ1n) is 6.43. The SMILES string of the molecule is Cc1cc(S(N)(=O)=O)ccc1B1OC(C)(C)C(C)(C)O1. The highest BCUT2D eigenvalue weighted by Gasteiger charge is 2.52. The van der Waals surface area contributed by atoms with Crippen molar-refractivity contribution in [3.8, 4) is 0 Å². The van der Waals surface area contributed by atoms with Crippen molar-refractivity contribution < 1.29 is 17.7 Å². The minimum Gasteiger partial charge on any atom is -0.399 e. The summed E-state index contributed by atoms with van der Waals surface area (Å²) in [6, 6.07) is 4.70. The molecule has 0 bridgehead atoms. The Bertz CT molecular complexity index is 624. The molecule has 0 atom stereocenters. The van der Waals surface area contributed by atoms with Crippen LogP contribution in [0.4, 0.5) is 0 Å². The maximum atomic E-state index is 11.3. The highest BCUT2D eigenvalue weighted by atomic mass is 32.2. The molecule has 0 unspecified atom stereocenters. The van der Waals surface area contributed by atoms with E-state index in [0.29, 0.717) is 0 Å². The summed E-state index contributed by atoms with van der Waals surface area (Å²) in [5.41, 5.74) is 0.733. The van der Waals surface area contributed by atoms with Crippen LogP contribution in [0.3, 0.4) is 0 Å². The lowest BCUT2D eigenvalue weighted by molar-refractivity contribution is 0.00578. The van der Waals surface area contributed by atoms with Crippen molar-refractivity contribution in [2.45, 2.75) is 50.7 Å². The Balaban J connectivity index is 2.37. The van der Waals surface area contributed by atoms with Crippen LogP contribution in [0.25, 0.3) is 0 Å². The summed E-state index contributed by atoms with van der Waals surface area (Å²) in [4.78, 5) is 0.0928. The summed E-state index contributed by atoms with van der Waals surface area (Å²) < 4.78 is 34.6. The third-order valence-corrected chi connectivity index (χ3v) is 4.99. The van der Waals surface area contributed by atoms with Gasteiger partial charge in [-0.2, -0.15) is 0 Å². The molecule has 2 N–H and O–H groups in total. The molecule has 0 saturated carbocycles. The van der Waals surface area contributed by atoms with Gasteiger partial charge in [-0.3, -0.25) is 0 Å². The number of rotatable bonds is 2. The zero-order valence-corrected chi connectivity index (χ0v) is 13.2. The molecule has 5 nitrogen and oxygen atoms in total. The van der Waals surface area contributed by atoms with Crippen LogP contribution in [0.2, 0.25) is 0 Å². The predicted octanol–water partition coefficient (Wildman–Crippen LogP) is 0.942. The van der Waals surface area contributed by atoms with Crippen LogP contribution in [0.1, 0.15) is 33.3 Å². The molecule has 0 aliphatic carbocycles. The summed E-state index contributed by atoms with van der Waals surface area (Å²) in [5.74, 6) is 0. The average molecular weight is 297 g/mol. The van der Waals surface area contributed by atoms with Crippen molar-refractivity contribution in [1.82, 2.24) is 0 Å². The van der Waals surface area contributed by atoms with E-state index >= 15 is 0 Å². The zero-order valence-electron chi connectivity index (χ0n) is 12.4. The summed E-state index contributed by atoms with van der Waals surface area (Å²) in [6.45, 7) is 9.71. The Kier molecular flexibility index (Phi) is 3.53. The zero-order chi connectivity index (χ0) is 15.3. The van der Waals surface area contributed by atoms with Gasteiger partial charge in [-0.15, -0.1) is 0 Å². The molecule has 0 aromatic heterocycles. The molecule has 0 radical (unpaired) electrons. The third kappa shape index (κ3) is 2.63. The van der Waals surface area contributed by atoms with Crippen molar-refractivity contribution in [2.75, 3.05) is 0 Å². The summed E-state index contributed by atoms with van der Waals surface area (Å²) in [6.07, 6.45) is 0. The largest absolute Gasteiger partial charge is 0.495 e. The van der Waals surface area contributed by atoms with Crippen LogP contribution in [-0.2, 0) is 19.3 Å². The molecule has 1 saturated heterocycles. The first kappa shape index (κ1) is 15.5. The number of nitrogens with two attached hydrogens (primary N) is 1. The van der Waals surface area contributed by atoms with E-state index in [-0.39, 0.29) is 4.90 Å². The van der Waals surface area contributed by atoms with Gasteiger partial charge in [0.05, 0.1) is 16.1 Å². The number of hydrogen-bond donors (Lipinski definition) is 1. The predicted molar refractivity (Wildman–Crippen MR) is 78.3 cm³/mol. The lowest BCUT2D eigenvalue weighted by atomic mass is 9.76. The first-order valence-corrected chi connectivity index (χ1v) is 7.98. The lowest BCUT2D eigenvalue weighted by Gasteiger charge is -2.32. The van der Waals surface area contributed by atoms with Crippen LogP contribution in [0.15, 0.2) is 23.1 Å². The van der Waals surface area contributed by atoms with Crippen LogP contribution in [0, 0.1) is 6.92 Å². The number of primary sulfonamides is 1. The highest BCUT2D eigenvalue weighted by molar-refractivity contribution is 7.89. The van der Waals surface area contributed by atoms with E-state index in [2.05, 4.69) is 0 Å². The molecule has 0 amide bonds. The Hall–Kier alpha value is -0.885. The van der Waals surface area contributed by atoms with Gasteiger partial charge < -0.3 is 9.31 Å². The van der Waals surface area contributed by atoms with Crippen LogP contribution in [-0.4, -0.2) is 26.7 Å². The molecular formula is C13H20BNO4S. The number of sulfonamides is 1. The van der Waals surface area contributed by atoms with Gasteiger partial charge in [0.2, 0.25) is 10.0 Å². The number of hydrogen-bond acceptors (Lipinski definition) is 4. The van der Waals surface area contributed by atoms with Crippen molar-refractivity contribution in [2.24, 2.45) is 5.14 Å². The summed E-state index contributed by atoms with van der Waals surface area (Å²) >= 11 is 0. The third-order valence-electron chi connectivity index (χ3n) is 4.08. The second kappa shape index (κ2) is 4.56. The normalized spacial score (nSPS) is 21.2. The fourth-order valence-electron chi connectivity index (χ4n) is 2.06. The van der Waals surface area contributed by atoms with Crippen LogP contribution in [0.5, 0.6) is 0 Å². The highest BCUT2D eigenvalue weighted by Crippen LogP contribution is 2.36. The fraction of sp³-hybridized carbons (Fsp3) is 0.538. The van der Waals surface area contributed by atoms with Gasteiger partial charge in [0.1, 0.15) is 0 Å². The van der Waals surface area contributed by atoms with Gasteiger partial charge in [0.15, 0.2) is 0 Å². The molecule has 0 spiro atoms. The summed E-state index contributed by atoms with van der Waals surface area (Å²) in [7, 11) is -4.20. The maximum absolute atomic E-state index is 11.3. The Labute approximate surface area is 120 Å². The van der Waals surface area contributed by atoms with Gasteiger partial charge in [-0.25, -0.2) is 13.6 Å². The standard InChI is InChI=1S/C13H20BNO4S/c1-9-8-10(20(15,16)17)6-7-11(9)14-18-12(2,3)13(4,5)19-14/h6-8H,1-5H3,(H2,15,16,17). The van der Waals surface area contributed by atoms with Gasteiger partial charge in [-0.1, -0.05) is 11.6 Å². The molecule has 7 heteroatoms. The summed E-state index contributed by atoms with van der Waals surface area (Å²) in [5, 5.41) is 5.13. The molecule has 1 aliphatic heterocycles. The molecule has 1 aromatic rings. The Morgan fingerprint density at radius 1 is 1.10 bits per heavy atom. The molecular weight excluding hydrogens is 277 g/mol. The first-order chi connectivity index (χ1) is 8.94. The topological polar surface area (TPSA) is 78.6 Å². The van der Waals surface area contributed by atoms with E-state index in [1.165, 1.54) is 12.1 Å². The van der Waals surface area contributed by atoms with E-state index in [0.717, 1.165) is 11.0 Å². The molecule has 1 aliphatic rings. The quantitative estimate of drug-likeness (QED) is 0.824. The van der Waals surface area contributed by atoms with Crippen molar-refractivity contribution in [1.29, 1.82) is 0 Å². The van der Waals surface area contributed by atoms with Crippen molar-refractivity contribution in [3.63, 3.8) is 0 Å². The molecule has 1 aromatic carbocycles. The Morgan fingerprint density at radius 2 is 1.60 bits per heavy atom. The second-order valence-electron chi connectivity index (χ2n) is 6.15. The smallest absolute Gasteiger partial charge is 0.399 e. The van der Waals surface area contributed by atoms with Gasteiger partial charge in [0, 0.05) is 0 Å². The van der Waals surface area contributed by atoms with E-state index in [1.807, 2.05) is 34.6 Å². The van der Waals surface area contributed by atoms with Crippen LogP contribution >= 0.6 is 0 Å². The lowest BCUT2D eigenvalue weighted by Crippen LogP contribution is -2.41. The maximum Gasteiger partial charge on any atom is 0.495 e. The van der Waals surface area contributed by atoms with E-state index in [4.69, 9.17) is 14.4 Å². The molecule has 20 heavy (non-hydrogen) atoms. The van der Waals surface area contributed by atoms with Crippen molar-refractivity contribution in [3.05, 3.63) is 23.8 Å². The van der Waals surface area contributed by atoms with E-state index in [1.54, 1.807) is 6.07 Å². The number of benzene rings is 1. The minimum absolute atomic E-state index is 0.0928. The number of aryl methyl sites for hydroxylation is 1. The fourth-order valence-corrected chi connectivity index (χ4v) is 2.66.